The smallest absolute Gasteiger partial charge is 0.315 e. The number of ether oxygens (including phenoxy) is 1. The number of rotatable bonds is 8. The second-order valence-electron chi connectivity index (χ2n) is 5.96. The third-order valence-electron chi connectivity index (χ3n) is 3.76. The number of hydrogen-bond donors (Lipinski definition) is 2. The van der Waals surface area contributed by atoms with Crippen molar-refractivity contribution in [1.29, 1.82) is 0 Å². The first-order valence-electron chi connectivity index (χ1n) is 8.30. The van der Waals surface area contributed by atoms with Gasteiger partial charge in [-0.2, -0.15) is 0 Å². The van der Waals surface area contributed by atoms with E-state index in [4.69, 9.17) is 9.26 Å². The Hall–Kier alpha value is -2.57. The van der Waals surface area contributed by atoms with Crippen molar-refractivity contribution >= 4 is 6.03 Å². The summed E-state index contributed by atoms with van der Waals surface area (Å²) >= 11 is 0. The molecule has 1 aromatic heterocycles. The summed E-state index contributed by atoms with van der Waals surface area (Å²) in [4.78, 5) is 11.9. The van der Waals surface area contributed by atoms with Crippen molar-refractivity contribution in [2.24, 2.45) is 0 Å². The van der Waals surface area contributed by atoms with Crippen LogP contribution in [0.25, 0.3) is 0 Å². The Kier molecular flexibility index (Phi) is 6.80. The van der Waals surface area contributed by atoms with E-state index in [9.17, 15) is 9.18 Å². The summed E-state index contributed by atoms with van der Waals surface area (Å²) in [5.41, 5.74) is 1.88. The molecule has 1 heterocycles. The number of amides is 2. The molecule has 25 heavy (non-hydrogen) atoms. The van der Waals surface area contributed by atoms with E-state index >= 15 is 0 Å². The van der Waals surface area contributed by atoms with Gasteiger partial charge < -0.3 is 19.9 Å². The highest BCUT2D eigenvalue weighted by atomic mass is 19.1. The van der Waals surface area contributed by atoms with E-state index < -0.39 is 0 Å². The van der Waals surface area contributed by atoms with Crippen molar-refractivity contribution in [3.05, 3.63) is 47.1 Å². The van der Waals surface area contributed by atoms with Gasteiger partial charge in [-0.05, 0) is 57.9 Å². The molecule has 0 spiro atoms. The molecule has 136 valence electrons. The van der Waals surface area contributed by atoms with Gasteiger partial charge in [0.15, 0.2) is 0 Å². The number of hydrogen-bond acceptors (Lipinski definition) is 4. The Morgan fingerprint density at radius 1 is 1.32 bits per heavy atom. The molecule has 0 radical (unpaired) electrons. The van der Waals surface area contributed by atoms with Gasteiger partial charge in [0.05, 0.1) is 12.3 Å². The molecule has 7 heteroatoms. The van der Waals surface area contributed by atoms with Crippen LogP contribution in [0, 0.1) is 19.7 Å². The summed E-state index contributed by atoms with van der Waals surface area (Å²) in [6, 6.07) is 5.59. The van der Waals surface area contributed by atoms with Crippen molar-refractivity contribution in [3.63, 3.8) is 0 Å². The van der Waals surface area contributed by atoms with Crippen molar-refractivity contribution in [1.82, 2.24) is 15.8 Å². The van der Waals surface area contributed by atoms with Crippen LogP contribution in [0.3, 0.4) is 0 Å². The molecule has 0 saturated carbocycles. The van der Waals surface area contributed by atoms with E-state index in [1.165, 1.54) is 12.1 Å². The van der Waals surface area contributed by atoms with Gasteiger partial charge in [-0.1, -0.05) is 5.16 Å². The number of carbonyl (C=O) groups is 1. The minimum Gasteiger partial charge on any atom is -0.494 e. The lowest BCUT2D eigenvalue weighted by Crippen LogP contribution is -2.42. The third-order valence-corrected chi connectivity index (χ3v) is 3.76. The van der Waals surface area contributed by atoms with E-state index in [1.807, 2.05) is 20.8 Å². The maximum absolute atomic E-state index is 12.8. The maximum Gasteiger partial charge on any atom is 0.315 e. The lowest BCUT2D eigenvalue weighted by molar-refractivity contribution is 0.236. The minimum absolute atomic E-state index is 0.0349. The zero-order valence-corrected chi connectivity index (χ0v) is 14.8. The van der Waals surface area contributed by atoms with Crippen LogP contribution >= 0.6 is 0 Å². The fourth-order valence-corrected chi connectivity index (χ4v) is 2.42. The van der Waals surface area contributed by atoms with Crippen molar-refractivity contribution in [2.75, 3.05) is 13.2 Å². The van der Waals surface area contributed by atoms with Crippen LogP contribution in [0.2, 0.25) is 0 Å². The Balaban J connectivity index is 1.61. The second-order valence-corrected chi connectivity index (χ2v) is 5.96. The van der Waals surface area contributed by atoms with Gasteiger partial charge in [-0.3, -0.25) is 0 Å². The quantitative estimate of drug-likeness (QED) is 0.718. The lowest BCUT2D eigenvalue weighted by Gasteiger charge is -2.14. The number of nitrogens with zero attached hydrogens (tertiary/aromatic N) is 1. The Morgan fingerprint density at radius 2 is 2.04 bits per heavy atom. The van der Waals surface area contributed by atoms with Gasteiger partial charge >= 0.3 is 6.03 Å². The molecule has 2 aromatic rings. The van der Waals surface area contributed by atoms with E-state index in [2.05, 4.69) is 15.8 Å². The van der Waals surface area contributed by atoms with Gasteiger partial charge in [0.1, 0.15) is 17.3 Å². The molecule has 6 nitrogen and oxygen atoms in total. The molecule has 0 unspecified atom stereocenters. The monoisotopic (exact) mass is 349 g/mol. The number of urea groups is 1. The van der Waals surface area contributed by atoms with Crippen LogP contribution < -0.4 is 15.4 Å². The zero-order chi connectivity index (χ0) is 18.2. The van der Waals surface area contributed by atoms with Crippen LogP contribution in [0.5, 0.6) is 5.75 Å². The summed E-state index contributed by atoms with van der Waals surface area (Å²) < 4.78 is 23.4. The largest absolute Gasteiger partial charge is 0.494 e. The normalized spacial score (nSPS) is 11.8. The highest BCUT2D eigenvalue weighted by molar-refractivity contribution is 5.74. The van der Waals surface area contributed by atoms with Gasteiger partial charge in [-0.25, -0.2) is 9.18 Å². The average molecular weight is 349 g/mol. The molecule has 0 aliphatic heterocycles. The Morgan fingerprint density at radius 3 is 2.68 bits per heavy atom. The first kappa shape index (κ1) is 18.8. The average Bonchev–Trinajstić information content (AvgIpc) is 2.88. The number of aromatic nitrogens is 1. The molecular formula is C18H24FN3O3. The molecule has 0 fully saturated rings. The van der Waals surface area contributed by atoms with Crippen LogP contribution in [-0.4, -0.2) is 30.4 Å². The molecule has 1 aromatic carbocycles. The molecule has 0 saturated heterocycles. The molecule has 0 aliphatic carbocycles. The van der Waals surface area contributed by atoms with Gasteiger partial charge in [0, 0.05) is 18.2 Å². The number of nitrogens with one attached hydrogen (secondary N) is 2. The van der Waals surface area contributed by atoms with E-state index in [-0.39, 0.29) is 17.9 Å². The van der Waals surface area contributed by atoms with E-state index in [0.717, 1.165) is 17.0 Å². The standard InChI is InChI=1S/C18H24FN3O3/c1-12(11-17-13(2)22-25-14(17)3)21-18(23)20-9-4-10-24-16-7-5-15(19)6-8-16/h5-8,12H,4,9-11H2,1-3H3,(H2,20,21,23)/t12-/m0/s1. The van der Waals surface area contributed by atoms with Crippen LogP contribution in [-0.2, 0) is 6.42 Å². The molecule has 2 rings (SSSR count). The molecule has 2 N–H and O–H groups in total. The third kappa shape index (κ3) is 6.10. The number of benzene rings is 1. The van der Waals surface area contributed by atoms with Crippen molar-refractivity contribution < 1.29 is 18.4 Å². The number of aryl methyl sites for hydroxylation is 2. The summed E-state index contributed by atoms with van der Waals surface area (Å²) in [5.74, 6) is 1.10. The second kappa shape index (κ2) is 9.05. The fourth-order valence-electron chi connectivity index (χ4n) is 2.42. The van der Waals surface area contributed by atoms with Crippen LogP contribution in [0.15, 0.2) is 28.8 Å². The highest BCUT2D eigenvalue weighted by Crippen LogP contribution is 2.14. The molecule has 0 aliphatic rings. The molecular weight excluding hydrogens is 325 g/mol. The number of halogens is 1. The fraction of sp³-hybridized carbons (Fsp3) is 0.444. The first-order chi connectivity index (χ1) is 12.0. The summed E-state index contributed by atoms with van der Waals surface area (Å²) in [7, 11) is 0. The lowest BCUT2D eigenvalue weighted by atomic mass is 10.1. The minimum atomic E-state index is -0.295. The molecule has 2 amide bonds. The zero-order valence-electron chi connectivity index (χ0n) is 14.8. The first-order valence-corrected chi connectivity index (χ1v) is 8.30. The van der Waals surface area contributed by atoms with E-state index in [1.54, 1.807) is 12.1 Å². The summed E-state index contributed by atoms with van der Waals surface area (Å²) in [5, 5.41) is 9.58. The van der Waals surface area contributed by atoms with Crippen molar-refractivity contribution in [2.45, 2.75) is 39.7 Å². The van der Waals surface area contributed by atoms with Crippen LogP contribution in [0.1, 0.15) is 30.4 Å². The summed E-state index contributed by atoms with van der Waals surface area (Å²) in [6.45, 7) is 6.62. The van der Waals surface area contributed by atoms with Gasteiger partial charge in [0.25, 0.3) is 0 Å². The van der Waals surface area contributed by atoms with Gasteiger partial charge in [0.2, 0.25) is 0 Å². The maximum atomic E-state index is 12.8. The highest BCUT2D eigenvalue weighted by Gasteiger charge is 2.14. The number of carbonyl (C=O) groups excluding carboxylic acids is 1. The SMILES string of the molecule is Cc1noc(C)c1C[C@H](C)NC(=O)NCCCOc1ccc(F)cc1. The summed E-state index contributed by atoms with van der Waals surface area (Å²) in [6.07, 6.45) is 1.32. The Labute approximate surface area is 146 Å². The molecule has 1 atom stereocenters. The predicted octanol–water partition coefficient (Wildman–Crippen LogP) is 3.13. The molecule has 0 bridgehead atoms. The van der Waals surface area contributed by atoms with Crippen LogP contribution in [0.4, 0.5) is 9.18 Å². The van der Waals surface area contributed by atoms with Crippen molar-refractivity contribution in [3.8, 4) is 5.75 Å². The van der Waals surface area contributed by atoms with E-state index in [0.29, 0.717) is 31.7 Å². The Bertz CT molecular complexity index is 666. The predicted molar refractivity (Wildman–Crippen MR) is 92.2 cm³/mol. The van der Waals surface area contributed by atoms with Gasteiger partial charge in [-0.15, -0.1) is 0 Å². The topological polar surface area (TPSA) is 76.4 Å².